The van der Waals surface area contributed by atoms with Crippen molar-refractivity contribution in [2.45, 2.75) is 6.92 Å². The third-order valence-corrected chi connectivity index (χ3v) is 2.36. The molecule has 0 saturated carbocycles. The zero-order chi connectivity index (χ0) is 10.7. The molecule has 0 heterocycles. The maximum Gasteiger partial charge on any atom is 0.268 e. The van der Waals surface area contributed by atoms with Gasteiger partial charge in [0, 0.05) is 0 Å². The van der Waals surface area contributed by atoms with E-state index in [4.69, 9.17) is 10.6 Å². The molecule has 0 aliphatic carbocycles. The van der Waals surface area contributed by atoms with Crippen LogP contribution in [0.3, 0.4) is 0 Å². The molecule has 0 bridgehead atoms. The van der Waals surface area contributed by atoms with Crippen LogP contribution in [0.15, 0.2) is 16.6 Å². The minimum atomic E-state index is -0.369. The number of hydrogen-bond donors (Lipinski definition) is 2. The fraction of sp³-hybridized carbons (Fsp3) is 0.222. The smallest absolute Gasteiger partial charge is 0.268 e. The Morgan fingerprint density at radius 3 is 2.71 bits per heavy atom. The van der Waals surface area contributed by atoms with Gasteiger partial charge in [0.25, 0.3) is 5.91 Å². The molecule has 0 unspecified atom stereocenters. The minimum absolute atomic E-state index is 0.369. The van der Waals surface area contributed by atoms with Crippen molar-refractivity contribution >= 4 is 21.8 Å². The van der Waals surface area contributed by atoms with E-state index >= 15 is 0 Å². The first-order valence-corrected chi connectivity index (χ1v) is 4.74. The van der Waals surface area contributed by atoms with E-state index in [0.717, 1.165) is 10.0 Å². The van der Waals surface area contributed by atoms with Gasteiger partial charge in [-0.25, -0.2) is 5.84 Å². The zero-order valence-corrected chi connectivity index (χ0v) is 9.51. The van der Waals surface area contributed by atoms with Crippen LogP contribution in [0.1, 0.15) is 15.9 Å². The third kappa shape index (κ3) is 2.05. The van der Waals surface area contributed by atoms with Crippen molar-refractivity contribution in [1.82, 2.24) is 5.43 Å². The average Bonchev–Trinajstić information content (AvgIpc) is 2.15. The number of nitrogens with one attached hydrogen (secondary N) is 1. The van der Waals surface area contributed by atoms with Crippen LogP contribution >= 0.6 is 15.9 Å². The highest BCUT2D eigenvalue weighted by molar-refractivity contribution is 9.10. The first-order valence-electron chi connectivity index (χ1n) is 3.95. The number of benzene rings is 1. The van der Waals surface area contributed by atoms with E-state index in [-0.39, 0.29) is 5.91 Å². The van der Waals surface area contributed by atoms with Gasteiger partial charge < -0.3 is 4.74 Å². The first kappa shape index (κ1) is 11.0. The van der Waals surface area contributed by atoms with Crippen molar-refractivity contribution in [3.63, 3.8) is 0 Å². The van der Waals surface area contributed by atoms with Crippen LogP contribution < -0.4 is 16.0 Å². The van der Waals surface area contributed by atoms with E-state index < -0.39 is 0 Å². The Kier molecular flexibility index (Phi) is 3.49. The Balaban J connectivity index is 3.32. The van der Waals surface area contributed by atoms with Gasteiger partial charge in [0.05, 0.1) is 17.1 Å². The number of ether oxygens (including phenoxy) is 1. The summed E-state index contributed by atoms with van der Waals surface area (Å²) in [7, 11) is 1.50. The highest BCUT2D eigenvalue weighted by Gasteiger charge is 2.14. The molecule has 0 aromatic heterocycles. The predicted octanol–water partition coefficient (Wildman–Crippen LogP) is 1.37. The lowest BCUT2D eigenvalue weighted by Crippen LogP contribution is -2.30. The summed E-state index contributed by atoms with van der Waals surface area (Å²) < 4.78 is 5.83. The maximum atomic E-state index is 11.4. The summed E-state index contributed by atoms with van der Waals surface area (Å²) in [5.74, 6) is 5.17. The van der Waals surface area contributed by atoms with Gasteiger partial charge in [-0.15, -0.1) is 0 Å². The number of hydrazine groups is 1. The Hall–Kier alpha value is -1.07. The average molecular weight is 259 g/mol. The summed E-state index contributed by atoms with van der Waals surface area (Å²) in [6.45, 7) is 1.89. The second-order valence-corrected chi connectivity index (χ2v) is 3.66. The van der Waals surface area contributed by atoms with Gasteiger partial charge in [-0.1, -0.05) is 0 Å². The molecule has 1 aromatic carbocycles. The first-order chi connectivity index (χ1) is 6.60. The number of hydrogen-bond acceptors (Lipinski definition) is 3. The molecule has 0 radical (unpaired) electrons. The van der Waals surface area contributed by atoms with E-state index in [0.29, 0.717) is 11.3 Å². The number of amides is 1. The molecule has 4 nitrogen and oxygen atoms in total. The lowest BCUT2D eigenvalue weighted by molar-refractivity contribution is 0.0950. The third-order valence-electron chi connectivity index (χ3n) is 1.77. The Morgan fingerprint density at radius 2 is 2.21 bits per heavy atom. The van der Waals surface area contributed by atoms with Crippen molar-refractivity contribution in [2.75, 3.05) is 7.11 Å². The van der Waals surface area contributed by atoms with Gasteiger partial charge in [-0.2, -0.15) is 0 Å². The lowest BCUT2D eigenvalue weighted by Gasteiger charge is -2.10. The highest BCUT2D eigenvalue weighted by Crippen LogP contribution is 2.30. The molecule has 1 rings (SSSR count). The van der Waals surface area contributed by atoms with Gasteiger partial charge in [-0.3, -0.25) is 10.2 Å². The Labute approximate surface area is 90.5 Å². The van der Waals surface area contributed by atoms with Crippen LogP contribution in [0.25, 0.3) is 0 Å². The molecular weight excluding hydrogens is 248 g/mol. The van der Waals surface area contributed by atoms with Gasteiger partial charge in [0.15, 0.2) is 0 Å². The van der Waals surface area contributed by atoms with Crippen molar-refractivity contribution in [1.29, 1.82) is 0 Å². The fourth-order valence-corrected chi connectivity index (χ4v) is 1.92. The monoisotopic (exact) mass is 258 g/mol. The summed E-state index contributed by atoms with van der Waals surface area (Å²) in [5.41, 5.74) is 3.44. The van der Waals surface area contributed by atoms with E-state index in [9.17, 15) is 4.79 Å². The summed E-state index contributed by atoms with van der Waals surface area (Å²) in [6.07, 6.45) is 0. The van der Waals surface area contributed by atoms with Crippen LogP contribution in [0, 0.1) is 6.92 Å². The fourth-order valence-electron chi connectivity index (χ4n) is 1.18. The van der Waals surface area contributed by atoms with Gasteiger partial charge in [0.2, 0.25) is 0 Å². The summed E-state index contributed by atoms with van der Waals surface area (Å²) in [5, 5.41) is 0. The quantitative estimate of drug-likeness (QED) is 0.479. The van der Waals surface area contributed by atoms with E-state index in [1.165, 1.54) is 7.11 Å². The molecule has 0 spiro atoms. The topological polar surface area (TPSA) is 64.3 Å². The summed E-state index contributed by atoms with van der Waals surface area (Å²) in [4.78, 5) is 11.4. The molecule has 0 saturated heterocycles. The molecule has 1 aromatic rings. The molecule has 3 N–H and O–H groups in total. The van der Waals surface area contributed by atoms with E-state index in [2.05, 4.69) is 21.4 Å². The molecular formula is C9H11BrN2O2. The summed E-state index contributed by atoms with van der Waals surface area (Å²) in [6, 6.07) is 3.58. The van der Waals surface area contributed by atoms with Crippen LogP contribution in [0.2, 0.25) is 0 Å². The minimum Gasteiger partial charge on any atom is -0.495 e. The van der Waals surface area contributed by atoms with Crippen LogP contribution in [0.4, 0.5) is 0 Å². The molecule has 0 aliphatic rings. The van der Waals surface area contributed by atoms with Gasteiger partial charge >= 0.3 is 0 Å². The van der Waals surface area contributed by atoms with Crippen LogP contribution in [0.5, 0.6) is 5.75 Å². The second kappa shape index (κ2) is 4.43. The zero-order valence-electron chi connectivity index (χ0n) is 7.93. The number of halogens is 1. The molecule has 1 amide bonds. The van der Waals surface area contributed by atoms with E-state index in [1.54, 1.807) is 6.07 Å². The number of methoxy groups -OCH3 is 1. The number of carbonyl (C=O) groups is 1. The maximum absolute atomic E-state index is 11.4. The Bertz CT molecular complexity index is 366. The largest absolute Gasteiger partial charge is 0.495 e. The number of carbonyl (C=O) groups excluding carboxylic acids is 1. The van der Waals surface area contributed by atoms with Crippen molar-refractivity contribution in [3.05, 3.63) is 27.7 Å². The number of nitrogens with two attached hydrogens (primary N) is 1. The van der Waals surface area contributed by atoms with Gasteiger partial charge in [-0.05, 0) is 40.5 Å². The highest BCUT2D eigenvalue weighted by atomic mass is 79.9. The standard InChI is InChI=1S/C9H11BrN2O2/c1-5-3-6(9(13)12-11)8(14-2)7(10)4-5/h3-4H,11H2,1-2H3,(H,12,13). The SMILES string of the molecule is COc1c(Br)cc(C)cc1C(=O)NN. The lowest BCUT2D eigenvalue weighted by atomic mass is 10.1. The van der Waals surface area contributed by atoms with Crippen LogP contribution in [-0.4, -0.2) is 13.0 Å². The van der Waals surface area contributed by atoms with Gasteiger partial charge in [0.1, 0.15) is 5.75 Å². The number of nitrogen functional groups attached to an aromatic ring is 1. The molecule has 0 fully saturated rings. The summed E-state index contributed by atoms with van der Waals surface area (Å²) >= 11 is 3.31. The Morgan fingerprint density at radius 1 is 1.57 bits per heavy atom. The molecule has 76 valence electrons. The molecule has 0 atom stereocenters. The molecule has 0 aliphatic heterocycles. The number of aryl methyl sites for hydroxylation is 1. The second-order valence-electron chi connectivity index (χ2n) is 2.80. The van der Waals surface area contributed by atoms with E-state index in [1.807, 2.05) is 13.0 Å². The molecule has 14 heavy (non-hydrogen) atoms. The van der Waals surface area contributed by atoms with Crippen LogP contribution in [-0.2, 0) is 0 Å². The van der Waals surface area contributed by atoms with Crippen molar-refractivity contribution in [3.8, 4) is 5.75 Å². The predicted molar refractivity (Wildman–Crippen MR) is 57.1 cm³/mol. The molecule has 5 heteroatoms. The van der Waals surface area contributed by atoms with Crippen molar-refractivity contribution < 1.29 is 9.53 Å². The van der Waals surface area contributed by atoms with Crippen molar-refractivity contribution in [2.24, 2.45) is 5.84 Å². The normalized spacial score (nSPS) is 9.71. The number of rotatable bonds is 2.